The zero-order chi connectivity index (χ0) is 36.6. The molecule has 0 atom stereocenters. The predicted molar refractivity (Wildman–Crippen MR) is 193 cm³/mol. The van der Waals surface area contributed by atoms with Crippen LogP contribution in [0.1, 0.15) is 176 Å². The molecule has 0 amide bonds. The van der Waals surface area contributed by atoms with Crippen LogP contribution in [-0.2, 0) is 12.4 Å². The van der Waals surface area contributed by atoms with Crippen LogP contribution in [-0.4, -0.2) is 0 Å². The molecule has 6 rings (SSSR count). The van der Waals surface area contributed by atoms with E-state index in [4.69, 9.17) is 0 Å². The summed E-state index contributed by atoms with van der Waals surface area (Å²) in [5, 5.41) is 0. The molecule has 0 spiro atoms. The van der Waals surface area contributed by atoms with Crippen LogP contribution >= 0.6 is 0 Å². The molecule has 0 heterocycles. The topological polar surface area (TPSA) is 0 Å². The van der Waals surface area contributed by atoms with Gasteiger partial charge in [0.1, 0.15) is 5.82 Å². The standard InChI is InChI=1S/C22H30F4.C22H31F3/c1-15-2-4-16(5-3-15)6-7-17-8-10-18(11-9-17)19-12-13-20(21(23)14-19)22(24,25)26;1-16-2-4-17(5-3-16)6-7-18-8-10-19(11-9-18)20-12-14-21(15-13-20)22(23,24)25/h12-18H,2-11H2,1H3;12-19H,2-11H2,1H3. The maximum atomic E-state index is 13.8. The van der Waals surface area contributed by atoms with Crippen molar-refractivity contribution in [3.05, 3.63) is 70.5 Å². The van der Waals surface area contributed by atoms with Gasteiger partial charge in [-0.2, -0.15) is 26.3 Å². The molecule has 0 saturated heterocycles. The predicted octanol–water partition coefficient (Wildman–Crippen LogP) is 15.3. The highest BCUT2D eigenvalue weighted by molar-refractivity contribution is 5.29. The molecule has 4 aliphatic rings. The fourth-order valence-electron chi connectivity index (χ4n) is 9.71. The zero-order valence-corrected chi connectivity index (χ0v) is 30.9. The number of rotatable bonds is 8. The molecule has 4 saturated carbocycles. The van der Waals surface area contributed by atoms with Crippen molar-refractivity contribution in [3.8, 4) is 0 Å². The van der Waals surface area contributed by atoms with Crippen molar-refractivity contribution < 1.29 is 30.7 Å². The maximum Gasteiger partial charge on any atom is 0.419 e. The van der Waals surface area contributed by atoms with E-state index in [0.717, 1.165) is 97.3 Å². The summed E-state index contributed by atoms with van der Waals surface area (Å²) in [4.78, 5) is 0. The molecule has 0 aliphatic heterocycles. The lowest BCUT2D eigenvalue weighted by molar-refractivity contribution is -0.140. The van der Waals surface area contributed by atoms with E-state index in [1.165, 1.54) is 108 Å². The van der Waals surface area contributed by atoms with Crippen molar-refractivity contribution in [2.75, 3.05) is 0 Å². The second-order valence-electron chi connectivity index (χ2n) is 17.2. The minimum atomic E-state index is -4.61. The summed E-state index contributed by atoms with van der Waals surface area (Å²) >= 11 is 0. The van der Waals surface area contributed by atoms with Crippen LogP contribution in [0.4, 0.5) is 30.7 Å². The van der Waals surface area contributed by atoms with Crippen LogP contribution in [0.15, 0.2) is 42.5 Å². The van der Waals surface area contributed by atoms with E-state index in [9.17, 15) is 30.7 Å². The van der Waals surface area contributed by atoms with Gasteiger partial charge in [0.25, 0.3) is 0 Å². The molecule has 0 bridgehead atoms. The SMILES string of the molecule is CC1CCC(CCC2CCC(c3ccc(C(F)(F)F)c(F)c3)CC2)CC1.CC1CCC(CCC2CCC(c3ccc(C(F)(F)F)cc3)CC2)CC1. The Morgan fingerprint density at radius 2 is 0.804 bits per heavy atom. The molecule has 4 aliphatic carbocycles. The van der Waals surface area contributed by atoms with Crippen LogP contribution in [0.5, 0.6) is 0 Å². The molecule has 2 aromatic rings. The second kappa shape index (κ2) is 18.3. The number of hydrogen-bond donors (Lipinski definition) is 0. The van der Waals surface area contributed by atoms with Crippen LogP contribution in [0.3, 0.4) is 0 Å². The Balaban J connectivity index is 0.000000198. The van der Waals surface area contributed by atoms with Gasteiger partial charge in [-0.1, -0.05) is 109 Å². The van der Waals surface area contributed by atoms with Gasteiger partial charge in [-0.15, -0.1) is 0 Å². The van der Waals surface area contributed by atoms with Gasteiger partial charge in [0.15, 0.2) is 0 Å². The van der Waals surface area contributed by atoms with E-state index in [1.54, 1.807) is 12.1 Å². The summed E-state index contributed by atoms with van der Waals surface area (Å²) in [5.74, 6) is 4.77. The summed E-state index contributed by atoms with van der Waals surface area (Å²) in [7, 11) is 0. The summed E-state index contributed by atoms with van der Waals surface area (Å²) in [6.45, 7) is 4.72. The Morgan fingerprint density at radius 1 is 0.451 bits per heavy atom. The molecule has 2 aromatic carbocycles. The molecule has 0 aromatic heterocycles. The second-order valence-corrected chi connectivity index (χ2v) is 17.2. The van der Waals surface area contributed by atoms with E-state index in [2.05, 4.69) is 13.8 Å². The third kappa shape index (κ3) is 12.2. The first-order valence-electron chi connectivity index (χ1n) is 20.3. The Morgan fingerprint density at radius 3 is 1.16 bits per heavy atom. The Kier molecular flexibility index (Phi) is 14.4. The summed E-state index contributed by atoms with van der Waals surface area (Å²) in [6.07, 6.45) is 16.6. The number of alkyl halides is 6. The number of benzene rings is 2. The largest absolute Gasteiger partial charge is 0.419 e. The van der Waals surface area contributed by atoms with Gasteiger partial charge in [0.05, 0.1) is 11.1 Å². The molecule has 4 fully saturated rings. The number of halogens is 7. The smallest absolute Gasteiger partial charge is 0.206 e. The average Bonchev–Trinajstić information content (AvgIpc) is 3.11. The Labute approximate surface area is 302 Å². The van der Waals surface area contributed by atoms with Gasteiger partial charge in [-0.3, -0.25) is 0 Å². The minimum Gasteiger partial charge on any atom is -0.206 e. The molecule has 0 nitrogen and oxygen atoms in total. The first-order valence-corrected chi connectivity index (χ1v) is 20.3. The van der Waals surface area contributed by atoms with E-state index in [1.807, 2.05) is 0 Å². The average molecular weight is 723 g/mol. The Hall–Kier alpha value is -2.05. The van der Waals surface area contributed by atoms with Gasteiger partial charge < -0.3 is 0 Å². The third-order valence-electron chi connectivity index (χ3n) is 13.4. The molecular formula is C44H61F7. The fraction of sp³-hybridized carbons (Fsp3) is 0.727. The fourth-order valence-corrected chi connectivity index (χ4v) is 9.71. The normalized spacial score (nSPS) is 30.7. The summed E-state index contributed by atoms with van der Waals surface area (Å²) in [6, 6.07) is 9.35. The van der Waals surface area contributed by atoms with E-state index in [0.29, 0.717) is 5.92 Å². The third-order valence-corrected chi connectivity index (χ3v) is 13.4. The van der Waals surface area contributed by atoms with Gasteiger partial charge in [0.2, 0.25) is 0 Å². The molecule has 7 heteroatoms. The summed E-state index contributed by atoms with van der Waals surface area (Å²) in [5.41, 5.74) is 0.131. The number of hydrogen-bond acceptors (Lipinski definition) is 0. The first-order chi connectivity index (χ1) is 24.2. The van der Waals surface area contributed by atoms with Gasteiger partial charge >= 0.3 is 12.4 Å². The van der Waals surface area contributed by atoms with Crippen molar-refractivity contribution in [1.82, 2.24) is 0 Å². The highest BCUT2D eigenvalue weighted by Gasteiger charge is 2.35. The zero-order valence-electron chi connectivity index (χ0n) is 30.9. The van der Waals surface area contributed by atoms with E-state index in [-0.39, 0.29) is 5.92 Å². The lowest BCUT2D eigenvalue weighted by Crippen LogP contribution is -2.17. The van der Waals surface area contributed by atoms with Crippen molar-refractivity contribution in [2.24, 2.45) is 35.5 Å². The van der Waals surface area contributed by atoms with Gasteiger partial charge in [0, 0.05) is 0 Å². The van der Waals surface area contributed by atoms with Crippen LogP contribution in [0.2, 0.25) is 0 Å². The monoisotopic (exact) mass is 722 g/mol. The maximum absolute atomic E-state index is 13.8. The lowest BCUT2D eigenvalue weighted by Gasteiger charge is -2.31. The van der Waals surface area contributed by atoms with E-state index < -0.39 is 29.3 Å². The van der Waals surface area contributed by atoms with Crippen LogP contribution in [0.25, 0.3) is 0 Å². The molecule has 286 valence electrons. The van der Waals surface area contributed by atoms with Crippen molar-refractivity contribution in [1.29, 1.82) is 0 Å². The van der Waals surface area contributed by atoms with Gasteiger partial charge in [-0.25, -0.2) is 4.39 Å². The van der Waals surface area contributed by atoms with Crippen molar-refractivity contribution in [3.63, 3.8) is 0 Å². The van der Waals surface area contributed by atoms with Crippen molar-refractivity contribution >= 4 is 0 Å². The molecule has 0 unspecified atom stereocenters. The van der Waals surface area contributed by atoms with Crippen LogP contribution < -0.4 is 0 Å². The molecular weight excluding hydrogens is 661 g/mol. The quantitative estimate of drug-likeness (QED) is 0.238. The summed E-state index contributed by atoms with van der Waals surface area (Å²) < 4.78 is 89.9. The van der Waals surface area contributed by atoms with Gasteiger partial charge in [-0.05, 0) is 134 Å². The molecule has 0 N–H and O–H groups in total. The highest BCUT2D eigenvalue weighted by atomic mass is 19.4. The Bertz CT molecular complexity index is 1300. The van der Waals surface area contributed by atoms with E-state index >= 15 is 0 Å². The molecule has 51 heavy (non-hydrogen) atoms. The first kappa shape index (κ1) is 40.1. The lowest BCUT2D eigenvalue weighted by atomic mass is 9.74. The molecule has 0 radical (unpaired) electrons. The highest BCUT2D eigenvalue weighted by Crippen LogP contribution is 2.42. The minimum absolute atomic E-state index is 0.207. The van der Waals surface area contributed by atoms with Crippen LogP contribution in [0, 0.1) is 41.3 Å². The van der Waals surface area contributed by atoms with Crippen molar-refractivity contribution in [2.45, 2.75) is 166 Å².